The van der Waals surface area contributed by atoms with Crippen LogP contribution in [-0.2, 0) is 18.4 Å². The van der Waals surface area contributed by atoms with Crippen LogP contribution in [0.15, 0.2) is 40.9 Å². The maximum atomic E-state index is 6.46. The van der Waals surface area contributed by atoms with E-state index < -0.39 is 0 Å². The second kappa shape index (κ2) is 5.55. The third-order valence-electron chi connectivity index (χ3n) is 3.11. The summed E-state index contributed by atoms with van der Waals surface area (Å²) in [6.07, 6.45) is 1.99. The van der Waals surface area contributed by atoms with Gasteiger partial charge in [0, 0.05) is 26.2 Å². The van der Waals surface area contributed by atoms with Gasteiger partial charge in [-0.2, -0.15) is 0 Å². The van der Waals surface area contributed by atoms with Crippen molar-refractivity contribution in [1.82, 2.24) is 0 Å². The summed E-state index contributed by atoms with van der Waals surface area (Å²) in [7, 11) is 0. The predicted octanol–water partition coefficient (Wildman–Crippen LogP) is 4.49. The Labute approximate surface area is 121 Å². The number of rotatable bonds is 4. The second-order valence-corrected chi connectivity index (χ2v) is 6.99. The first kappa shape index (κ1) is 13.8. The third-order valence-corrected chi connectivity index (χ3v) is 4.87. The fourth-order valence-corrected chi connectivity index (χ4v) is 3.39. The van der Waals surface area contributed by atoms with Gasteiger partial charge in [-0.05, 0) is 43.2 Å². The van der Waals surface area contributed by atoms with Gasteiger partial charge in [0.1, 0.15) is 0 Å². The van der Waals surface area contributed by atoms with Crippen LogP contribution in [0.5, 0.6) is 0 Å². The molecule has 0 aliphatic heterocycles. The van der Waals surface area contributed by atoms with Gasteiger partial charge in [-0.3, -0.25) is 0 Å². The SMILES string of the molecule is CCc1ccc(CC(C)(N)c2ccc(Br)cc2)s1. The molecule has 1 aromatic heterocycles. The van der Waals surface area contributed by atoms with E-state index >= 15 is 0 Å². The molecule has 18 heavy (non-hydrogen) atoms. The first-order chi connectivity index (χ1) is 8.51. The Balaban J connectivity index is 2.18. The molecule has 0 spiro atoms. The van der Waals surface area contributed by atoms with Gasteiger partial charge in [0.15, 0.2) is 0 Å². The van der Waals surface area contributed by atoms with Gasteiger partial charge in [-0.25, -0.2) is 0 Å². The largest absolute Gasteiger partial charge is 0.321 e. The zero-order valence-electron chi connectivity index (χ0n) is 10.7. The molecule has 0 fully saturated rings. The Kier molecular flexibility index (Phi) is 4.25. The zero-order valence-corrected chi connectivity index (χ0v) is 13.1. The Morgan fingerprint density at radius 3 is 2.28 bits per heavy atom. The lowest BCUT2D eigenvalue weighted by Crippen LogP contribution is -2.35. The molecular formula is C15H18BrNS. The highest BCUT2D eigenvalue weighted by Gasteiger charge is 2.22. The first-order valence-electron chi connectivity index (χ1n) is 6.14. The van der Waals surface area contributed by atoms with E-state index in [4.69, 9.17) is 5.73 Å². The molecule has 1 aromatic carbocycles. The minimum Gasteiger partial charge on any atom is -0.321 e. The molecule has 0 saturated carbocycles. The van der Waals surface area contributed by atoms with E-state index in [2.05, 4.69) is 54.0 Å². The van der Waals surface area contributed by atoms with E-state index in [-0.39, 0.29) is 5.54 Å². The minimum atomic E-state index is -0.309. The number of hydrogen-bond donors (Lipinski definition) is 1. The van der Waals surface area contributed by atoms with Crippen LogP contribution in [0.1, 0.15) is 29.2 Å². The molecule has 2 N–H and O–H groups in total. The summed E-state index contributed by atoms with van der Waals surface area (Å²) < 4.78 is 1.09. The van der Waals surface area contributed by atoms with Gasteiger partial charge in [-0.15, -0.1) is 11.3 Å². The molecule has 0 amide bonds. The predicted molar refractivity (Wildman–Crippen MR) is 83.1 cm³/mol. The smallest absolute Gasteiger partial charge is 0.0429 e. The van der Waals surface area contributed by atoms with E-state index in [0.717, 1.165) is 17.3 Å². The molecule has 3 heteroatoms. The number of benzene rings is 1. The van der Waals surface area contributed by atoms with Crippen molar-refractivity contribution in [3.8, 4) is 0 Å². The average molecular weight is 324 g/mol. The lowest BCUT2D eigenvalue weighted by atomic mass is 9.89. The Hall–Kier alpha value is -0.640. The highest BCUT2D eigenvalue weighted by atomic mass is 79.9. The van der Waals surface area contributed by atoms with Crippen LogP contribution in [0.3, 0.4) is 0 Å². The number of halogens is 1. The van der Waals surface area contributed by atoms with Gasteiger partial charge >= 0.3 is 0 Å². The maximum absolute atomic E-state index is 6.46. The minimum absolute atomic E-state index is 0.309. The molecule has 1 heterocycles. The van der Waals surface area contributed by atoms with Gasteiger partial charge in [0.2, 0.25) is 0 Å². The number of nitrogens with two attached hydrogens (primary N) is 1. The second-order valence-electron chi connectivity index (χ2n) is 4.82. The quantitative estimate of drug-likeness (QED) is 0.881. The van der Waals surface area contributed by atoms with Crippen LogP contribution in [-0.4, -0.2) is 0 Å². The van der Waals surface area contributed by atoms with Crippen LogP contribution in [0.2, 0.25) is 0 Å². The van der Waals surface area contributed by atoms with E-state index in [1.165, 1.54) is 15.3 Å². The average Bonchev–Trinajstić information content (AvgIpc) is 2.76. The van der Waals surface area contributed by atoms with Crippen LogP contribution in [0, 0.1) is 0 Å². The molecule has 0 aliphatic rings. The third kappa shape index (κ3) is 3.22. The van der Waals surface area contributed by atoms with Gasteiger partial charge in [-0.1, -0.05) is 35.0 Å². The van der Waals surface area contributed by atoms with Crippen LogP contribution >= 0.6 is 27.3 Å². The van der Waals surface area contributed by atoms with E-state index in [9.17, 15) is 0 Å². The summed E-state index contributed by atoms with van der Waals surface area (Å²) >= 11 is 5.32. The summed E-state index contributed by atoms with van der Waals surface area (Å²) in [5.74, 6) is 0. The maximum Gasteiger partial charge on any atom is 0.0429 e. The molecule has 1 unspecified atom stereocenters. The Morgan fingerprint density at radius 1 is 1.11 bits per heavy atom. The van der Waals surface area contributed by atoms with Crippen LogP contribution in [0.25, 0.3) is 0 Å². The summed E-state index contributed by atoms with van der Waals surface area (Å²) in [5.41, 5.74) is 7.33. The summed E-state index contributed by atoms with van der Waals surface area (Å²) in [4.78, 5) is 2.79. The molecule has 2 rings (SSSR count). The summed E-state index contributed by atoms with van der Waals surface area (Å²) in [6.45, 7) is 4.29. The Bertz CT molecular complexity index is 514. The fraction of sp³-hybridized carbons (Fsp3) is 0.333. The van der Waals surface area contributed by atoms with Crippen LogP contribution in [0.4, 0.5) is 0 Å². The summed E-state index contributed by atoms with van der Waals surface area (Å²) in [5, 5.41) is 0. The number of aryl methyl sites for hydroxylation is 1. The van der Waals surface area contributed by atoms with Crippen molar-refractivity contribution in [2.45, 2.75) is 32.2 Å². The van der Waals surface area contributed by atoms with Gasteiger partial charge in [0.05, 0.1) is 0 Å². The van der Waals surface area contributed by atoms with Crippen molar-refractivity contribution in [2.75, 3.05) is 0 Å². The fourth-order valence-electron chi connectivity index (χ4n) is 2.00. The normalized spacial score (nSPS) is 14.4. The molecule has 0 aliphatic carbocycles. The number of thiophene rings is 1. The van der Waals surface area contributed by atoms with E-state index in [0.29, 0.717) is 0 Å². The highest BCUT2D eigenvalue weighted by molar-refractivity contribution is 9.10. The van der Waals surface area contributed by atoms with Crippen molar-refractivity contribution < 1.29 is 0 Å². The first-order valence-corrected chi connectivity index (χ1v) is 7.75. The lowest BCUT2D eigenvalue weighted by Gasteiger charge is -2.24. The van der Waals surface area contributed by atoms with E-state index in [1.54, 1.807) is 0 Å². The van der Waals surface area contributed by atoms with Crippen molar-refractivity contribution in [2.24, 2.45) is 5.73 Å². The van der Waals surface area contributed by atoms with Crippen molar-refractivity contribution in [1.29, 1.82) is 0 Å². The zero-order chi connectivity index (χ0) is 13.2. The highest BCUT2D eigenvalue weighted by Crippen LogP contribution is 2.27. The van der Waals surface area contributed by atoms with Crippen molar-refractivity contribution in [3.05, 3.63) is 56.2 Å². The monoisotopic (exact) mass is 323 g/mol. The molecule has 1 atom stereocenters. The van der Waals surface area contributed by atoms with Gasteiger partial charge in [0.25, 0.3) is 0 Å². The molecule has 2 aromatic rings. The van der Waals surface area contributed by atoms with Crippen molar-refractivity contribution >= 4 is 27.3 Å². The topological polar surface area (TPSA) is 26.0 Å². The molecule has 0 radical (unpaired) electrons. The van der Waals surface area contributed by atoms with E-state index in [1.807, 2.05) is 23.5 Å². The molecular weight excluding hydrogens is 306 g/mol. The molecule has 0 bridgehead atoms. The van der Waals surface area contributed by atoms with Gasteiger partial charge < -0.3 is 5.73 Å². The molecule has 0 saturated heterocycles. The summed E-state index contributed by atoms with van der Waals surface area (Å²) in [6, 6.07) is 12.7. The Morgan fingerprint density at radius 2 is 1.72 bits per heavy atom. The number of hydrogen-bond acceptors (Lipinski definition) is 2. The standard InChI is InChI=1S/C15H18BrNS/c1-3-13-8-9-14(18-13)10-15(2,17)11-4-6-12(16)7-5-11/h4-9H,3,10,17H2,1-2H3. The molecule has 1 nitrogen and oxygen atoms in total. The van der Waals surface area contributed by atoms with Crippen LogP contribution < -0.4 is 5.73 Å². The molecule has 96 valence electrons. The lowest BCUT2D eigenvalue weighted by molar-refractivity contribution is 0.495. The van der Waals surface area contributed by atoms with Crippen molar-refractivity contribution in [3.63, 3.8) is 0 Å².